The molecule has 4 heterocycles. The van der Waals surface area contributed by atoms with Crippen molar-refractivity contribution in [2.75, 3.05) is 94.3 Å². The van der Waals surface area contributed by atoms with Crippen LogP contribution in [0.2, 0.25) is 0 Å². The van der Waals surface area contributed by atoms with Crippen LogP contribution in [-0.2, 0) is 57.5 Å². The number of fused-ring (bicyclic) bond motifs is 2. The molecule has 576 valence electrons. The number of amides is 6. The van der Waals surface area contributed by atoms with Crippen molar-refractivity contribution < 1.29 is 108 Å². The van der Waals surface area contributed by atoms with E-state index in [0.29, 0.717) is 47.5 Å². The van der Waals surface area contributed by atoms with Crippen molar-refractivity contribution >= 4 is 192 Å². The number of nitrogens with zero attached hydrogens (tertiary/aromatic N) is 4. The fourth-order valence-electron chi connectivity index (χ4n) is 8.62. The van der Waals surface area contributed by atoms with Crippen LogP contribution in [-0.4, -0.2) is 260 Å². The first kappa shape index (κ1) is 91.6. The first-order chi connectivity index (χ1) is 49.8. The van der Waals surface area contributed by atoms with E-state index >= 15 is 0 Å². The second-order valence-electron chi connectivity index (χ2n) is 22.2. The van der Waals surface area contributed by atoms with Gasteiger partial charge < -0.3 is 136 Å². The Hall–Kier alpha value is -11.5. The van der Waals surface area contributed by atoms with Crippen LogP contribution in [0, 0.1) is 0 Å². The largest absolute Gasteiger partial charge is 2.00 e. The van der Waals surface area contributed by atoms with Gasteiger partial charge in [0.1, 0.15) is 49.3 Å². The summed E-state index contributed by atoms with van der Waals surface area (Å²) in [5, 5.41) is 98.9. The number of carboxylic acids is 8. The van der Waals surface area contributed by atoms with Crippen LogP contribution in [0.1, 0.15) is 72.1 Å². The Bertz CT molecular complexity index is 3800. The number of nitrogens with two attached hydrogens (primary N) is 4. The topological polar surface area (TPSA) is 729 Å². The number of thiol groups is 2. The van der Waals surface area contributed by atoms with Gasteiger partial charge in [0.15, 0.2) is 23.0 Å². The molecule has 0 saturated heterocycles. The number of aromatic nitrogens is 4. The number of hydrogen-bond acceptors (Lipinski definition) is 32. The summed E-state index contributed by atoms with van der Waals surface area (Å²) in [6.07, 6.45) is 1.35. The van der Waals surface area contributed by atoms with Crippen LogP contribution >= 0.6 is 25.3 Å². The monoisotopic (exact) mass is 1570 g/mol. The molecule has 6 amide bonds. The fourth-order valence-corrected chi connectivity index (χ4v) is 9.13. The van der Waals surface area contributed by atoms with E-state index in [2.05, 4.69) is 98.4 Å². The number of benzene rings is 2. The Morgan fingerprint density at radius 1 is 0.495 bits per heavy atom. The zero-order valence-electron chi connectivity index (χ0n) is 56.9. The Kier molecular flexibility index (Phi) is 39.1. The van der Waals surface area contributed by atoms with Crippen LogP contribution in [0.15, 0.2) is 81.9 Å². The van der Waals surface area contributed by atoms with Gasteiger partial charge in [-0.05, 0) is 87.1 Å². The molecule has 6 atom stereocenters. The van der Waals surface area contributed by atoms with Crippen molar-refractivity contribution in [1.29, 1.82) is 0 Å². The Labute approximate surface area is 645 Å². The van der Waals surface area contributed by atoms with Gasteiger partial charge >= 0.3 is 73.6 Å². The number of carboxylic acid groups (broad SMARTS) is 8. The molecule has 2 aromatic heterocycles. The van der Waals surface area contributed by atoms with E-state index in [-0.39, 0.29) is 122 Å². The average Bonchev–Trinajstić information content (AvgIpc) is 0.795. The molecule has 0 radical (unpaired) electrons. The van der Waals surface area contributed by atoms with Gasteiger partial charge in [-0.3, -0.25) is 67.5 Å². The van der Waals surface area contributed by atoms with Crippen molar-refractivity contribution in [1.82, 2.24) is 51.8 Å². The predicted octanol–water partition coefficient (Wildman–Crippen LogP) is -7.03. The number of carbonyl (C=O) groups is 14. The summed E-state index contributed by atoms with van der Waals surface area (Å²) >= 11 is 7.75. The normalized spacial score (nSPS) is 13.1. The summed E-state index contributed by atoms with van der Waals surface area (Å²) in [5.74, 6) is -13.5. The molecule has 2 aliphatic rings. The van der Waals surface area contributed by atoms with Crippen LogP contribution in [0.4, 0.5) is 46.3 Å². The van der Waals surface area contributed by atoms with E-state index in [4.69, 9.17) is 53.6 Å². The molecule has 4 aromatic rings. The first-order valence-corrected chi connectivity index (χ1v) is 32.2. The van der Waals surface area contributed by atoms with Crippen LogP contribution in [0.3, 0.4) is 0 Å². The third-order valence-corrected chi connectivity index (χ3v) is 15.1. The van der Waals surface area contributed by atoms with Gasteiger partial charge in [-0.25, -0.2) is 9.59 Å². The quantitative estimate of drug-likeness (QED) is 0.0149. The second kappa shape index (κ2) is 45.7. The van der Waals surface area contributed by atoms with Crippen molar-refractivity contribution in [3.63, 3.8) is 0 Å². The summed E-state index contributed by atoms with van der Waals surface area (Å²) in [7, 11) is 3.43. The molecule has 0 saturated carbocycles. The molecule has 6 unspecified atom stereocenters. The Morgan fingerprint density at radius 3 is 1.10 bits per heavy atom. The molecular weight excluding hydrogens is 1490 g/mol. The average molecular weight is 1570 g/mol. The van der Waals surface area contributed by atoms with Crippen LogP contribution in [0.5, 0.6) is 0 Å². The van der Waals surface area contributed by atoms with E-state index in [9.17, 15) is 86.9 Å². The minimum absolute atomic E-state index is 0. The second-order valence-corrected chi connectivity index (χ2v) is 22.9. The molecule has 2 aliphatic heterocycles. The van der Waals surface area contributed by atoms with Crippen molar-refractivity contribution in [2.45, 2.75) is 87.6 Å². The smallest absolute Gasteiger partial charge is 0.550 e. The summed E-state index contributed by atoms with van der Waals surface area (Å²) < 4.78 is 0. The molecule has 44 nitrogen and oxygen atoms in total. The summed E-state index contributed by atoms with van der Waals surface area (Å²) in [4.78, 5) is 196. The molecule has 0 aliphatic carbocycles. The zero-order chi connectivity index (χ0) is 79.7. The molecule has 0 spiro atoms. The maximum Gasteiger partial charge on any atom is 2.00 e. The number of aliphatic carboxylic acids is 8. The molecule has 0 bridgehead atoms. The van der Waals surface area contributed by atoms with Gasteiger partial charge in [0.25, 0.3) is 22.9 Å². The van der Waals surface area contributed by atoms with Gasteiger partial charge in [0, 0.05) is 85.3 Å². The van der Waals surface area contributed by atoms with Gasteiger partial charge in [0.2, 0.25) is 35.5 Å². The van der Waals surface area contributed by atoms with E-state index in [0.717, 1.165) is 11.4 Å². The van der Waals surface area contributed by atoms with E-state index < -0.39 is 145 Å². The van der Waals surface area contributed by atoms with Gasteiger partial charge in [-0.1, -0.05) is 0 Å². The molecule has 47 heteroatoms. The minimum Gasteiger partial charge on any atom is -0.550 e. The van der Waals surface area contributed by atoms with E-state index in [1.165, 1.54) is 24.3 Å². The predicted molar refractivity (Wildman–Crippen MR) is 383 cm³/mol. The van der Waals surface area contributed by atoms with Gasteiger partial charge in [-0.15, -0.1) is 0 Å². The Morgan fingerprint density at radius 2 is 0.822 bits per heavy atom. The number of anilines is 8. The van der Waals surface area contributed by atoms with Crippen molar-refractivity contribution in [2.24, 2.45) is 11.5 Å². The molecule has 107 heavy (non-hydrogen) atoms. The number of likely N-dealkylation sites (N-methyl/N-ethyl adjacent to an activating group) is 2. The first-order valence-electron chi connectivity index (χ1n) is 31.0. The minimum atomic E-state index is -1.40. The standard InChI is InChI=1S/2C20H23N7O6.2C10H17N3O6S.Ca/c2*1-27-12(9-23-16-15(27)18(31)26-20(21)25-16)8-22-11-4-2-10(3-5-11)17(30)24-13(19(32)33)6-7-14(28)29;2*11-5(10(18)19)1-2-7(14)13-6(4-20)9(17)12-3-8(15)16;/h2*2-5,9,13,22H,6-8H2,1H3,(H,24,30)(H,28,29)(H,32,33)(H4,21,23,25,26,31);2*5-6,20H,1-4,11H2,(H,12,17)(H,13,14)(H,15,16)(H,18,19);/q;;;;+2/p-2. The van der Waals surface area contributed by atoms with E-state index in [1.54, 1.807) is 60.6 Å². The summed E-state index contributed by atoms with van der Waals surface area (Å²) in [5.41, 5.74) is 24.7. The summed E-state index contributed by atoms with van der Waals surface area (Å²) in [6.45, 7) is -0.461. The van der Waals surface area contributed by atoms with E-state index in [1.807, 2.05) is 0 Å². The number of H-pyrrole nitrogens is 2. The number of aromatic amines is 2. The molecule has 2 aromatic carbocycles. The maximum absolute atomic E-state index is 12.3. The number of nitrogen functional groups attached to an aromatic ring is 2. The maximum atomic E-state index is 12.3. The zero-order valence-corrected chi connectivity index (χ0v) is 60.9. The third kappa shape index (κ3) is 32.2. The third-order valence-electron chi connectivity index (χ3n) is 14.3. The van der Waals surface area contributed by atoms with Crippen LogP contribution in [0.25, 0.3) is 0 Å². The molecule has 26 N–H and O–H groups in total. The fraction of sp³-hybridized carbons (Fsp3) is 0.367. The number of carbonyl (C=O) groups excluding carboxylic acids is 8. The van der Waals surface area contributed by atoms with Crippen molar-refractivity contribution in [3.05, 3.63) is 104 Å². The molecule has 0 fully saturated rings. The number of rotatable bonds is 36. The molecule has 6 rings (SSSR count). The SMILES string of the molecule is CN1C(CNc2ccc(C(=O)NC(CCC(=O)[O-])C(=O)O)cc2)=CNc2nc(N)[nH]c(=O)c21.CN1C(CNc2ccc(C(=O)NC(CCC(=O)[O-])C(=O)O)cc2)=CNc2nc(N)[nH]c(=O)c21.NC(CCC(=O)NC(CS)C(=O)NCC(=O)O)C(=O)O.NC(CCC(=O)NC(CS)C(=O)NCC(=O)O)C(=O)O.[Ca+2]. The Balaban J connectivity index is 0.000000498. The van der Waals surface area contributed by atoms with Gasteiger partial charge in [0.05, 0.1) is 24.5 Å². The summed E-state index contributed by atoms with van der Waals surface area (Å²) in [6, 6.07) is 5.53. The molecular formula is C60H78CaN20O24S2. The van der Waals surface area contributed by atoms with Crippen molar-refractivity contribution in [3.8, 4) is 0 Å². The number of nitrogens with one attached hydrogen (secondary N) is 12. The van der Waals surface area contributed by atoms with Gasteiger partial charge in [-0.2, -0.15) is 35.2 Å². The number of hydrogen-bond donors (Lipinski definition) is 24. The van der Waals surface area contributed by atoms with Crippen LogP contribution < -0.4 is 107 Å².